The van der Waals surface area contributed by atoms with Crippen LogP contribution in [0.5, 0.6) is 17.2 Å². The molecule has 200 valence electrons. The van der Waals surface area contributed by atoms with E-state index in [1.807, 2.05) is 18.2 Å². The van der Waals surface area contributed by atoms with Crippen LogP contribution in [-0.4, -0.2) is 65.2 Å². The molecule has 11 nitrogen and oxygen atoms in total. The summed E-state index contributed by atoms with van der Waals surface area (Å²) in [6, 6.07) is 6.66. The fraction of sp³-hybridized carbons (Fsp3) is 0.333. The molecule has 38 heavy (non-hydrogen) atoms. The summed E-state index contributed by atoms with van der Waals surface area (Å²) < 4.78 is 21.9. The number of aliphatic hydroxyl groups excluding tert-OH is 1. The van der Waals surface area contributed by atoms with E-state index in [2.05, 4.69) is 20.3 Å². The summed E-state index contributed by atoms with van der Waals surface area (Å²) in [5.74, 6) is 1.89. The van der Waals surface area contributed by atoms with Crippen molar-refractivity contribution in [3.63, 3.8) is 0 Å². The fourth-order valence-corrected chi connectivity index (χ4v) is 3.85. The molecule has 1 amide bonds. The van der Waals surface area contributed by atoms with Gasteiger partial charge in [-0.2, -0.15) is 0 Å². The predicted octanol–water partition coefficient (Wildman–Crippen LogP) is 3.71. The van der Waals surface area contributed by atoms with Crippen molar-refractivity contribution in [2.75, 3.05) is 33.2 Å². The van der Waals surface area contributed by atoms with Gasteiger partial charge < -0.3 is 35.1 Å². The summed E-state index contributed by atoms with van der Waals surface area (Å²) in [6.45, 7) is 4.95. The highest BCUT2D eigenvalue weighted by Gasteiger charge is 2.20. The highest BCUT2D eigenvalue weighted by atomic mass is 16.6. The van der Waals surface area contributed by atoms with E-state index in [-0.39, 0.29) is 13.2 Å². The standard InChI is InChI=1S/C27H31N5O6/c1-27(2,3)38-26(34)31-16(13-33)14-37-17-6-15(10-29-11-17)21-7-18-19-8-23(35-4)24(36-5)9-22(19)30-12-20(18)25(28)32-21/h6-12,16,33H,13-14H2,1-5H3,(H2,28,32)(H,31,34)/t16-/m0/s1. The Morgan fingerprint density at radius 1 is 1.03 bits per heavy atom. The van der Waals surface area contributed by atoms with Crippen LogP contribution < -0.4 is 25.3 Å². The van der Waals surface area contributed by atoms with E-state index in [1.165, 1.54) is 6.20 Å². The smallest absolute Gasteiger partial charge is 0.408 e. The largest absolute Gasteiger partial charge is 0.493 e. The number of alkyl carbamates (subject to hydrolysis) is 1. The van der Waals surface area contributed by atoms with Crippen LogP contribution >= 0.6 is 0 Å². The van der Waals surface area contributed by atoms with Crippen molar-refractivity contribution in [1.29, 1.82) is 0 Å². The maximum atomic E-state index is 12.0. The molecule has 3 heterocycles. The van der Waals surface area contributed by atoms with Gasteiger partial charge in [0.05, 0.1) is 44.3 Å². The Hall–Kier alpha value is -4.38. The van der Waals surface area contributed by atoms with Crippen molar-refractivity contribution < 1.29 is 28.8 Å². The number of carbonyl (C=O) groups excluding carboxylic acids is 1. The highest BCUT2D eigenvalue weighted by molar-refractivity contribution is 6.10. The molecule has 0 bridgehead atoms. The summed E-state index contributed by atoms with van der Waals surface area (Å²) in [5, 5.41) is 14.6. The normalized spacial score (nSPS) is 12.3. The number of carbonyl (C=O) groups is 1. The van der Waals surface area contributed by atoms with Gasteiger partial charge in [-0.05, 0) is 44.4 Å². The second-order valence-corrected chi connectivity index (χ2v) is 9.58. The van der Waals surface area contributed by atoms with Gasteiger partial charge in [-0.15, -0.1) is 0 Å². The van der Waals surface area contributed by atoms with Gasteiger partial charge in [0.1, 0.15) is 23.8 Å². The number of hydrogen-bond donors (Lipinski definition) is 3. The first-order valence-electron chi connectivity index (χ1n) is 11.9. The maximum Gasteiger partial charge on any atom is 0.408 e. The monoisotopic (exact) mass is 521 g/mol. The van der Waals surface area contributed by atoms with Crippen molar-refractivity contribution in [3.8, 4) is 28.5 Å². The molecule has 0 fully saturated rings. The molecule has 3 aromatic heterocycles. The van der Waals surface area contributed by atoms with Crippen LogP contribution in [0, 0.1) is 0 Å². The number of hydrogen-bond acceptors (Lipinski definition) is 10. The van der Waals surface area contributed by atoms with Crippen molar-refractivity contribution in [2.45, 2.75) is 32.4 Å². The maximum absolute atomic E-state index is 12.0. The van der Waals surface area contributed by atoms with Gasteiger partial charge in [-0.1, -0.05) is 0 Å². The minimum atomic E-state index is -0.672. The number of ether oxygens (including phenoxy) is 4. The van der Waals surface area contributed by atoms with E-state index in [0.29, 0.717) is 39.7 Å². The number of nitrogens with zero attached hydrogens (tertiary/aromatic N) is 3. The van der Waals surface area contributed by atoms with Crippen LogP contribution in [0.15, 0.2) is 42.9 Å². The lowest BCUT2D eigenvalue weighted by molar-refractivity contribution is 0.0458. The van der Waals surface area contributed by atoms with Gasteiger partial charge in [0, 0.05) is 34.8 Å². The van der Waals surface area contributed by atoms with E-state index in [4.69, 9.17) is 24.7 Å². The highest BCUT2D eigenvalue weighted by Crippen LogP contribution is 2.37. The molecule has 0 aliphatic rings. The summed E-state index contributed by atoms with van der Waals surface area (Å²) >= 11 is 0. The number of nitrogens with two attached hydrogens (primary N) is 1. The van der Waals surface area contributed by atoms with Gasteiger partial charge in [0.25, 0.3) is 0 Å². The Balaban J connectivity index is 1.62. The number of rotatable bonds is 8. The summed E-state index contributed by atoms with van der Waals surface area (Å²) in [4.78, 5) is 25.4. The van der Waals surface area contributed by atoms with Crippen LogP contribution in [0.25, 0.3) is 32.9 Å². The number of anilines is 1. The Morgan fingerprint density at radius 2 is 1.76 bits per heavy atom. The molecule has 1 aromatic carbocycles. The lowest BCUT2D eigenvalue weighted by Crippen LogP contribution is -2.44. The zero-order valence-corrected chi connectivity index (χ0v) is 21.9. The number of aliphatic hydroxyl groups is 1. The molecule has 0 unspecified atom stereocenters. The number of fused-ring (bicyclic) bond motifs is 3. The summed E-state index contributed by atoms with van der Waals surface area (Å²) in [6.07, 6.45) is 4.22. The number of methoxy groups -OCH3 is 2. The van der Waals surface area contributed by atoms with Crippen molar-refractivity contribution in [2.24, 2.45) is 0 Å². The fourth-order valence-electron chi connectivity index (χ4n) is 3.85. The first-order valence-corrected chi connectivity index (χ1v) is 11.9. The molecular formula is C27H31N5O6. The predicted molar refractivity (Wildman–Crippen MR) is 144 cm³/mol. The third kappa shape index (κ3) is 5.94. The molecule has 0 saturated heterocycles. The van der Waals surface area contributed by atoms with E-state index in [1.54, 1.807) is 53.5 Å². The number of nitrogens with one attached hydrogen (secondary N) is 1. The molecule has 4 N–H and O–H groups in total. The first-order chi connectivity index (χ1) is 18.1. The van der Waals surface area contributed by atoms with Crippen LogP contribution in [-0.2, 0) is 4.74 Å². The number of nitrogen functional groups attached to an aromatic ring is 1. The molecule has 0 aliphatic carbocycles. The lowest BCUT2D eigenvalue weighted by Gasteiger charge is -2.22. The van der Waals surface area contributed by atoms with Crippen LogP contribution in [0.4, 0.5) is 10.6 Å². The molecule has 0 radical (unpaired) electrons. The zero-order chi connectivity index (χ0) is 27.4. The molecule has 0 aliphatic heterocycles. The van der Waals surface area contributed by atoms with Crippen molar-refractivity contribution >= 4 is 33.6 Å². The first kappa shape index (κ1) is 26.7. The second-order valence-electron chi connectivity index (χ2n) is 9.58. The Morgan fingerprint density at radius 3 is 2.45 bits per heavy atom. The number of pyridine rings is 3. The average molecular weight is 522 g/mol. The Labute approximate surface area is 219 Å². The van der Waals surface area contributed by atoms with Crippen LogP contribution in [0.2, 0.25) is 0 Å². The van der Waals surface area contributed by atoms with Crippen molar-refractivity contribution in [3.05, 3.63) is 42.9 Å². The quantitative estimate of drug-likeness (QED) is 0.293. The third-order valence-electron chi connectivity index (χ3n) is 5.61. The van der Waals surface area contributed by atoms with Gasteiger partial charge in [0.2, 0.25) is 0 Å². The SMILES string of the molecule is COc1cc2ncc3c(N)nc(-c4cncc(OC[C@H](CO)NC(=O)OC(C)(C)C)c4)cc3c2cc1OC. The number of amides is 1. The molecule has 1 atom stereocenters. The van der Waals surface area contributed by atoms with E-state index in [0.717, 1.165) is 16.3 Å². The van der Waals surface area contributed by atoms with Crippen LogP contribution in [0.1, 0.15) is 20.8 Å². The third-order valence-corrected chi connectivity index (χ3v) is 5.61. The van der Waals surface area contributed by atoms with E-state index in [9.17, 15) is 9.90 Å². The Kier molecular flexibility index (Phi) is 7.67. The second kappa shape index (κ2) is 10.9. The topological polar surface area (TPSA) is 151 Å². The van der Waals surface area contributed by atoms with E-state index >= 15 is 0 Å². The lowest BCUT2D eigenvalue weighted by atomic mass is 10.0. The minimum absolute atomic E-state index is 0.00605. The number of benzene rings is 1. The van der Waals surface area contributed by atoms with Gasteiger partial charge >= 0.3 is 6.09 Å². The van der Waals surface area contributed by atoms with E-state index < -0.39 is 17.7 Å². The van der Waals surface area contributed by atoms with Crippen LogP contribution in [0.3, 0.4) is 0 Å². The molecular weight excluding hydrogens is 490 g/mol. The Bertz CT molecular complexity index is 1470. The molecule has 4 rings (SSSR count). The molecule has 4 aromatic rings. The summed E-state index contributed by atoms with van der Waals surface area (Å²) in [5.41, 5.74) is 7.63. The van der Waals surface area contributed by atoms with Gasteiger partial charge in [-0.3, -0.25) is 9.97 Å². The molecule has 11 heteroatoms. The minimum Gasteiger partial charge on any atom is -0.493 e. The summed E-state index contributed by atoms with van der Waals surface area (Å²) in [7, 11) is 3.15. The zero-order valence-electron chi connectivity index (χ0n) is 21.9. The van der Waals surface area contributed by atoms with Crippen molar-refractivity contribution in [1.82, 2.24) is 20.3 Å². The average Bonchev–Trinajstić information content (AvgIpc) is 2.89. The number of aromatic nitrogens is 3. The van der Waals surface area contributed by atoms with Gasteiger partial charge in [0.15, 0.2) is 11.5 Å². The van der Waals surface area contributed by atoms with Gasteiger partial charge in [-0.25, -0.2) is 9.78 Å². The molecule has 0 saturated carbocycles. The molecule has 0 spiro atoms.